The van der Waals surface area contributed by atoms with Gasteiger partial charge in [-0.1, -0.05) is 69.4 Å². The number of likely N-dealkylation sites (tertiary alicyclic amines) is 1. The van der Waals surface area contributed by atoms with Crippen molar-refractivity contribution < 1.29 is 100 Å². The molecule has 4 saturated carbocycles. The van der Waals surface area contributed by atoms with E-state index in [1.807, 2.05) is 59.0 Å². The molecule has 7 heterocycles. The van der Waals surface area contributed by atoms with Crippen LogP contribution in [-0.4, -0.2) is 234 Å². The van der Waals surface area contributed by atoms with Crippen molar-refractivity contribution >= 4 is 108 Å². The number of aliphatic hydroxyl groups is 2. The molecule has 6 fully saturated rings. The molecule has 8 amide bonds. The number of hydrogen-bond donors (Lipinski definition) is 9. The first-order valence-corrected chi connectivity index (χ1v) is 40.4. The van der Waals surface area contributed by atoms with E-state index in [9.17, 15) is 81.3 Å². The van der Waals surface area contributed by atoms with E-state index < -0.39 is 143 Å². The third-order valence-electron chi connectivity index (χ3n) is 23.6. The summed E-state index contributed by atoms with van der Waals surface area (Å²) in [6.07, 6.45) is 2.23. The van der Waals surface area contributed by atoms with E-state index in [-0.39, 0.29) is 85.6 Å². The Morgan fingerprint density at radius 3 is 2.33 bits per heavy atom. The van der Waals surface area contributed by atoms with Crippen molar-refractivity contribution in [3.63, 3.8) is 0 Å². The molecule has 4 aliphatic heterocycles. The maximum absolute atomic E-state index is 13.9. The van der Waals surface area contributed by atoms with E-state index in [1.54, 1.807) is 57.4 Å². The van der Waals surface area contributed by atoms with Crippen LogP contribution in [0.2, 0.25) is 0 Å². The standard InChI is InChI=1S/C79H94N12O21S2/c1-43(2)64(85-61(93)34-89-50(36-109-27-28-114(106,107)108)30-57(71(89)100)91-62(94)21-22-63(91)95)70(99)81-44(3)68(97)82-49-17-15-48(47(29-49)16-18-51-31-58(92)66(96)67(112-51)73(103)104)35-110-75(105)87(7)25-26-111-79-39-76(5)37-77(6,40-79)78(38-76,41-79)42-90-45(4)54(32-80-90)52-19-20-60(84-65(52)72(101)102)88-24-23-46-11-10-12-53(55(46)33-88)69(98)86-74-83-56-13-8-9-14-59(56)113-74/h8-15,17,19-22,29,32,43-44,50-51,57-58,64,66-67,92,96H,16,18,23-28,30-31,33-42H2,1-7H3,(H,81,99)(H,82,97)(H,85,93)(H,101,102)(H,103,104)(H,83,86,98)(H,106,107,108)/t44-,50-,51-,57-,58+,64-,66-,67-,76?,77?,78?,79?/m0/s1. The number of fused-ring (bicyclic) bond motifs is 2. The first-order chi connectivity index (χ1) is 54.0. The Labute approximate surface area is 660 Å². The van der Waals surface area contributed by atoms with Gasteiger partial charge in [0.25, 0.3) is 27.8 Å². The van der Waals surface area contributed by atoms with E-state index in [0.717, 1.165) is 81.1 Å². The number of aryl methyl sites for hydroxylation is 1. The van der Waals surface area contributed by atoms with E-state index in [2.05, 4.69) is 40.1 Å². The lowest BCUT2D eigenvalue weighted by Crippen LogP contribution is -2.56. The average molecular weight is 1610 g/mol. The number of para-hydroxylation sites is 1. The number of carboxylic acids is 2. The maximum atomic E-state index is 13.9. The monoisotopic (exact) mass is 1610 g/mol. The third-order valence-corrected chi connectivity index (χ3v) is 25.2. The number of carboxylic acid groups (broad SMARTS) is 2. The molecule has 114 heavy (non-hydrogen) atoms. The Morgan fingerprint density at radius 2 is 1.61 bits per heavy atom. The molecule has 12 atom stereocenters. The number of aromatic carboxylic acids is 1. The molecule has 4 aliphatic carbocycles. The highest BCUT2D eigenvalue weighted by molar-refractivity contribution is 7.85. The summed E-state index contributed by atoms with van der Waals surface area (Å²) in [4.78, 5) is 148. The summed E-state index contributed by atoms with van der Waals surface area (Å²) in [6.45, 7) is 11.3. The minimum absolute atomic E-state index is 0.0580. The van der Waals surface area contributed by atoms with Gasteiger partial charge in [-0.3, -0.25) is 53.0 Å². The summed E-state index contributed by atoms with van der Waals surface area (Å²) in [7, 11) is -2.82. The molecule has 4 unspecified atom stereocenters. The predicted octanol–water partition coefficient (Wildman–Crippen LogP) is 5.67. The Hall–Kier alpha value is -10.1. The molecule has 3 aromatic carbocycles. The van der Waals surface area contributed by atoms with Gasteiger partial charge in [0.2, 0.25) is 23.6 Å². The molecule has 8 aliphatic rings. The van der Waals surface area contributed by atoms with Gasteiger partial charge in [0.15, 0.2) is 16.9 Å². The Morgan fingerprint density at radius 1 is 0.842 bits per heavy atom. The maximum Gasteiger partial charge on any atom is 0.409 e. The number of nitrogens with one attached hydrogen (secondary N) is 4. The molecule has 9 N–H and O–H groups in total. The molecule has 35 heteroatoms. The summed E-state index contributed by atoms with van der Waals surface area (Å²) in [5, 5.41) is 58.0. The van der Waals surface area contributed by atoms with E-state index in [1.165, 1.54) is 23.2 Å². The first-order valence-electron chi connectivity index (χ1n) is 38.0. The van der Waals surface area contributed by atoms with Crippen LogP contribution in [-0.2, 0) is 95.2 Å². The number of rotatable bonds is 31. The van der Waals surface area contributed by atoms with Gasteiger partial charge in [0.05, 0.1) is 72.4 Å². The minimum atomic E-state index is -4.41. The molecule has 0 radical (unpaired) electrons. The smallest absolute Gasteiger partial charge is 0.409 e. The van der Waals surface area contributed by atoms with Crippen molar-refractivity contribution in [2.24, 2.45) is 22.2 Å². The fourth-order valence-electron chi connectivity index (χ4n) is 18.4. The van der Waals surface area contributed by atoms with Gasteiger partial charge in [-0.2, -0.15) is 13.5 Å². The Balaban J connectivity index is 0.626. The van der Waals surface area contributed by atoms with Crippen LogP contribution >= 0.6 is 11.3 Å². The van der Waals surface area contributed by atoms with Crippen LogP contribution < -0.4 is 26.2 Å². The number of aromatic nitrogens is 4. The van der Waals surface area contributed by atoms with Crippen LogP contribution in [0.1, 0.15) is 135 Å². The van der Waals surface area contributed by atoms with Gasteiger partial charge in [0, 0.05) is 86.3 Å². The molecular weight excluding hydrogens is 1520 g/mol. The number of imide groups is 1. The number of carbonyl (C=O) groups is 10. The minimum Gasteiger partial charge on any atom is -0.479 e. The van der Waals surface area contributed by atoms with Gasteiger partial charge >= 0.3 is 18.0 Å². The number of pyridine rings is 1. The van der Waals surface area contributed by atoms with Crippen molar-refractivity contribution in [3.05, 3.63) is 130 Å². The number of amides is 8. The number of nitrogens with zero attached hydrogens (tertiary/aromatic N) is 8. The molecule has 2 saturated heterocycles. The van der Waals surface area contributed by atoms with Crippen LogP contribution in [0.15, 0.2) is 91.1 Å². The number of aliphatic hydroxyl groups excluding tert-OH is 2. The van der Waals surface area contributed by atoms with Crippen molar-refractivity contribution in [2.75, 3.05) is 67.8 Å². The molecule has 0 spiro atoms. The molecule has 608 valence electrons. The lowest BCUT2D eigenvalue weighted by molar-refractivity contribution is -0.193. The fourth-order valence-corrected chi connectivity index (χ4v) is 19.6. The van der Waals surface area contributed by atoms with Gasteiger partial charge in [-0.05, 0) is 152 Å². The van der Waals surface area contributed by atoms with Gasteiger partial charge in [0.1, 0.15) is 36.7 Å². The molecular formula is C79H94N12O21S2. The van der Waals surface area contributed by atoms with Gasteiger partial charge in [-0.25, -0.2) is 24.4 Å². The SMILES string of the molecule is Cc1c(-c2ccc(N3CCc4cccc(C(=O)Nc5nc6ccccc6s5)c4C3)nc2C(=O)O)cnn1CC12CC3(C)CC(OCCN(C)C(=O)OCc4ccc(NC(=O)[C@H](C)NC(=O)[C@@H](NC(=O)CN5C(=O)[C@@H](N6C(=O)C=CC6=O)C[C@H]5COCCS(=O)(=O)O)C(C)C)cc4CC[C@H]4C[C@@H](O)[C@H](O)[C@@H](C(=O)O)O4)(CC1(C)C3)C2. The number of hydrogen-bond acceptors (Lipinski definition) is 23. The summed E-state index contributed by atoms with van der Waals surface area (Å²) in [5.74, 6) is -8.46. The number of likely N-dealkylation sites (N-methyl/N-ethyl adjacent to an activating group) is 1. The summed E-state index contributed by atoms with van der Waals surface area (Å²) >= 11 is 1.40. The Kier molecular flexibility index (Phi) is 23.4. The fraction of sp³-hybridized carbons (Fsp3) is 0.506. The second kappa shape index (κ2) is 32.6. The highest BCUT2D eigenvalue weighted by Gasteiger charge is 2.74. The number of thiazole rings is 1. The largest absolute Gasteiger partial charge is 0.479 e. The number of aliphatic carboxylic acids is 1. The Bertz CT molecular complexity index is 4920. The second-order valence-corrected chi connectivity index (χ2v) is 34.8. The summed E-state index contributed by atoms with van der Waals surface area (Å²) in [5.41, 5.74) is 5.21. The van der Waals surface area contributed by atoms with Crippen molar-refractivity contribution in [3.8, 4) is 11.1 Å². The second-order valence-electron chi connectivity index (χ2n) is 32.2. The van der Waals surface area contributed by atoms with Crippen molar-refractivity contribution in [1.29, 1.82) is 0 Å². The van der Waals surface area contributed by atoms with Crippen LogP contribution in [0.3, 0.4) is 0 Å². The number of ether oxygens (including phenoxy) is 4. The predicted molar refractivity (Wildman–Crippen MR) is 412 cm³/mol. The van der Waals surface area contributed by atoms with Gasteiger partial charge < -0.3 is 70.0 Å². The normalized spacial score (nSPS) is 25.5. The highest BCUT2D eigenvalue weighted by Crippen LogP contribution is 2.78. The lowest BCUT2D eigenvalue weighted by atomic mass is 9.65. The number of carbonyl (C=O) groups excluding carboxylic acids is 8. The lowest BCUT2D eigenvalue weighted by Gasteiger charge is -2.46. The highest BCUT2D eigenvalue weighted by atomic mass is 32.2. The van der Waals surface area contributed by atoms with Crippen LogP contribution in [0.5, 0.6) is 0 Å². The van der Waals surface area contributed by atoms with Crippen LogP contribution in [0, 0.1) is 29.1 Å². The zero-order chi connectivity index (χ0) is 81.7. The average Bonchev–Trinajstić information content (AvgIpc) is 1.50. The van der Waals surface area contributed by atoms with Gasteiger partial charge in [-0.15, -0.1) is 0 Å². The molecule has 33 nitrogen and oxygen atoms in total. The topological polar surface area (TPSA) is 448 Å². The van der Waals surface area contributed by atoms with Crippen molar-refractivity contribution in [1.82, 2.24) is 45.1 Å². The zero-order valence-corrected chi connectivity index (χ0v) is 65.8. The third kappa shape index (κ3) is 17.3. The van der Waals surface area contributed by atoms with Crippen LogP contribution in [0.25, 0.3) is 21.3 Å². The summed E-state index contributed by atoms with van der Waals surface area (Å²) < 4.78 is 58.8. The first kappa shape index (κ1) is 81.9. The number of benzene rings is 3. The molecule has 3 aromatic heterocycles. The van der Waals surface area contributed by atoms with Crippen molar-refractivity contribution in [2.45, 2.75) is 180 Å². The summed E-state index contributed by atoms with van der Waals surface area (Å²) in [6, 6.07) is 16.9. The molecule has 14 rings (SSSR count). The van der Waals surface area contributed by atoms with Crippen LogP contribution in [0.4, 0.5) is 21.4 Å². The van der Waals surface area contributed by atoms with E-state index >= 15 is 0 Å². The zero-order valence-electron chi connectivity index (χ0n) is 64.2. The molecule has 4 bridgehead atoms. The van der Waals surface area contributed by atoms with E-state index in [0.29, 0.717) is 64.8 Å². The van der Waals surface area contributed by atoms with E-state index in [4.69, 9.17) is 29.0 Å². The quantitative estimate of drug-likeness (QED) is 0.0144. The number of anilines is 3. The molecule has 6 aromatic rings.